The van der Waals surface area contributed by atoms with Crippen molar-refractivity contribution in [2.45, 2.75) is 32.8 Å². The maximum atomic E-state index is 12.7. The standard InChI is InChI=1S/C22H27N3O3/c1-15-7-4-11-20(16(15)2)24-22(23-14-19-10-6-12-28-19)25-21(26)17-8-5-9-18(13-17)27-3/h4-5,7-9,11,13,19H,6,10,12,14H2,1-3H3,(H2,23,24,25,26). The van der Waals surface area contributed by atoms with Crippen LogP contribution in [0.3, 0.4) is 0 Å². The van der Waals surface area contributed by atoms with Crippen molar-refractivity contribution < 1.29 is 14.3 Å². The van der Waals surface area contributed by atoms with Crippen LogP contribution in [0.25, 0.3) is 0 Å². The summed E-state index contributed by atoms with van der Waals surface area (Å²) < 4.78 is 10.9. The summed E-state index contributed by atoms with van der Waals surface area (Å²) in [6, 6.07) is 13.0. The summed E-state index contributed by atoms with van der Waals surface area (Å²) in [4.78, 5) is 17.3. The second-order valence-electron chi connectivity index (χ2n) is 6.88. The van der Waals surface area contributed by atoms with Crippen LogP contribution < -0.4 is 15.4 Å². The summed E-state index contributed by atoms with van der Waals surface area (Å²) in [6.45, 7) is 5.37. The molecule has 6 nitrogen and oxygen atoms in total. The van der Waals surface area contributed by atoms with Gasteiger partial charge in [-0.1, -0.05) is 18.2 Å². The molecule has 1 atom stereocenters. The number of nitrogens with zero attached hydrogens (tertiary/aromatic N) is 1. The number of carbonyl (C=O) groups is 1. The second-order valence-corrected chi connectivity index (χ2v) is 6.88. The summed E-state index contributed by atoms with van der Waals surface area (Å²) in [5, 5.41) is 6.17. The van der Waals surface area contributed by atoms with Crippen LogP contribution in [0, 0.1) is 13.8 Å². The molecule has 0 bridgehead atoms. The molecule has 1 aliphatic heterocycles. The van der Waals surface area contributed by atoms with E-state index in [2.05, 4.69) is 28.6 Å². The Morgan fingerprint density at radius 1 is 1.25 bits per heavy atom. The first-order valence-electron chi connectivity index (χ1n) is 9.51. The van der Waals surface area contributed by atoms with Crippen LogP contribution in [0.4, 0.5) is 5.69 Å². The number of hydrogen-bond donors (Lipinski definition) is 2. The Balaban J connectivity index is 1.79. The quantitative estimate of drug-likeness (QED) is 0.612. The molecule has 0 aliphatic carbocycles. The third-order valence-corrected chi connectivity index (χ3v) is 4.90. The Hall–Kier alpha value is -2.86. The molecule has 1 fully saturated rings. The van der Waals surface area contributed by atoms with Crippen molar-refractivity contribution in [3.8, 4) is 5.75 Å². The maximum absolute atomic E-state index is 12.7. The van der Waals surface area contributed by atoms with E-state index in [1.54, 1.807) is 31.4 Å². The van der Waals surface area contributed by atoms with Gasteiger partial charge in [-0.05, 0) is 62.1 Å². The van der Waals surface area contributed by atoms with Gasteiger partial charge in [-0.25, -0.2) is 4.99 Å². The van der Waals surface area contributed by atoms with Gasteiger partial charge < -0.3 is 14.8 Å². The molecule has 1 saturated heterocycles. The molecule has 0 spiro atoms. The van der Waals surface area contributed by atoms with Gasteiger partial charge in [0.05, 0.1) is 19.8 Å². The van der Waals surface area contributed by atoms with Gasteiger partial charge in [-0.3, -0.25) is 10.1 Å². The van der Waals surface area contributed by atoms with E-state index in [0.29, 0.717) is 23.8 Å². The lowest BCUT2D eigenvalue weighted by molar-refractivity contribution is 0.0975. The number of anilines is 1. The Labute approximate surface area is 166 Å². The average Bonchev–Trinajstić information content (AvgIpc) is 3.23. The second kappa shape index (κ2) is 9.37. The van der Waals surface area contributed by atoms with Crippen LogP contribution >= 0.6 is 0 Å². The van der Waals surface area contributed by atoms with Gasteiger partial charge >= 0.3 is 0 Å². The third-order valence-electron chi connectivity index (χ3n) is 4.90. The number of methoxy groups -OCH3 is 1. The van der Waals surface area contributed by atoms with Gasteiger partial charge in [-0.15, -0.1) is 0 Å². The van der Waals surface area contributed by atoms with Crippen molar-refractivity contribution in [2.75, 3.05) is 25.6 Å². The zero-order valence-electron chi connectivity index (χ0n) is 16.6. The summed E-state index contributed by atoms with van der Waals surface area (Å²) in [7, 11) is 1.58. The Bertz CT molecular complexity index is 858. The van der Waals surface area contributed by atoms with Crippen LogP contribution in [0.15, 0.2) is 47.5 Å². The van der Waals surface area contributed by atoms with E-state index in [1.807, 2.05) is 19.1 Å². The van der Waals surface area contributed by atoms with Crippen molar-refractivity contribution in [2.24, 2.45) is 4.99 Å². The summed E-state index contributed by atoms with van der Waals surface area (Å²) in [5.74, 6) is 0.799. The van der Waals surface area contributed by atoms with Gasteiger partial charge in [0.1, 0.15) is 5.75 Å². The molecule has 1 aliphatic rings. The number of nitrogens with one attached hydrogen (secondary N) is 2. The molecule has 0 radical (unpaired) electrons. The van der Waals surface area contributed by atoms with Crippen molar-refractivity contribution in [1.29, 1.82) is 0 Å². The number of hydrogen-bond acceptors (Lipinski definition) is 4. The number of aryl methyl sites for hydroxylation is 1. The Morgan fingerprint density at radius 3 is 2.82 bits per heavy atom. The zero-order chi connectivity index (χ0) is 19.9. The number of amides is 1. The molecule has 28 heavy (non-hydrogen) atoms. The smallest absolute Gasteiger partial charge is 0.258 e. The molecular formula is C22H27N3O3. The predicted molar refractivity (Wildman–Crippen MR) is 111 cm³/mol. The van der Waals surface area contributed by atoms with E-state index in [-0.39, 0.29) is 12.0 Å². The van der Waals surface area contributed by atoms with Crippen LogP contribution in [0.5, 0.6) is 5.75 Å². The zero-order valence-corrected chi connectivity index (χ0v) is 16.6. The lowest BCUT2D eigenvalue weighted by Crippen LogP contribution is -2.37. The fraction of sp³-hybridized carbons (Fsp3) is 0.364. The molecule has 1 heterocycles. The number of guanidine groups is 1. The van der Waals surface area contributed by atoms with Crippen molar-refractivity contribution >= 4 is 17.6 Å². The predicted octanol–water partition coefficient (Wildman–Crippen LogP) is 3.69. The highest BCUT2D eigenvalue weighted by Crippen LogP contribution is 2.18. The van der Waals surface area contributed by atoms with Gasteiger partial charge in [0.2, 0.25) is 5.96 Å². The highest BCUT2D eigenvalue weighted by Gasteiger charge is 2.16. The number of carbonyl (C=O) groups excluding carboxylic acids is 1. The normalized spacial score (nSPS) is 16.7. The SMILES string of the molecule is COc1cccc(C(=O)NC(=NCC2CCCO2)Nc2cccc(C)c2C)c1. The highest BCUT2D eigenvalue weighted by atomic mass is 16.5. The first kappa shape index (κ1) is 19.9. The number of benzene rings is 2. The first-order valence-corrected chi connectivity index (χ1v) is 9.51. The van der Waals surface area contributed by atoms with E-state index in [4.69, 9.17) is 9.47 Å². The van der Waals surface area contributed by atoms with E-state index < -0.39 is 0 Å². The number of ether oxygens (including phenoxy) is 2. The fourth-order valence-electron chi connectivity index (χ4n) is 3.05. The largest absolute Gasteiger partial charge is 0.497 e. The van der Waals surface area contributed by atoms with Crippen LogP contribution in [-0.2, 0) is 4.74 Å². The van der Waals surface area contributed by atoms with Crippen LogP contribution in [0.2, 0.25) is 0 Å². The molecule has 2 aromatic carbocycles. The molecular weight excluding hydrogens is 354 g/mol. The average molecular weight is 381 g/mol. The Kier molecular flexibility index (Phi) is 6.66. The Morgan fingerprint density at radius 2 is 2.07 bits per heavy atom. The minimum Gasteiger partial charge on any atom is -0.497 e. The summed E-state index contributed by atoms with van der Waals surface area (Å²) in [6.07, 6.45) is 2.14. The topological polar surface area (TPSA) is 72.0 Å². The van der Waals surface area contributed by atoms with E-state index in [9.17, 15) is 4.79 Å². The monoisotopic (exact) mass is 381 g/mol. The molecule has 148 valence electrons. The van der Waals surface area contributed by atoms with Gasteiger partial charge in [0.25, 0.3) is 5.91 Å². The van der Waals surface area contributed by atoms with Gasteiger partial charge in [-0.2, -0.15) is 0 Å². The van der Waals surface area contributed by atoms with E-state index >= 15 is 0 Å². The molecule has 6 heteroatoms. The molecule has 2 N–H and O–H groups in total. The summed E-state index contributed by atoms with van der Waals surface area (Å²) >= 11 is 0. The molecule has 3 rings (SSSR count). The van der Waals surface area contributed by atoms with Crippen molar-refractivity contribution in [3.63, 3.8) is 0 Å². The molecule has 1 amide bonds. The molecule has 1 unspecified atom stereocenters. The van der Waals surface area contributed by atoms with Crippen molar-refractivity contribution in [1.82, 2.24) is 5.32 Å². The number of rotatable bonds is 5. The van der Waals surface area contributed by atoms with E-state index in [1.165, 1.54) is 5.56 Å². The highest BCUT2D eigenvalue weighted by molar-refractivity contribution is 6.10. The lowest BCUT2D eigenvalue weighted by atomic mass is 10.1. The minimum atomic E-state index is -0.247. The minimum absolute atomic E-state index is 0.101. The number of aliphatic imine (C=N–C) groups is 1. The van der Waals surface area contributed by atoms with Gasteiger partial charge in [0, 0.05) is 17.9 Å². The third kappa shape index (κ3) is 5.10. The fourth-order valence-corrected chi connectivity index (χ4v) is 3.05. The van der Waals surface area contributed by atoms with Crippen LogP contribution in [-0.4, -0.2) is 38.2 Å². The molecule has 2 aromatic rings. The van der Waals surface area contributed by atoms with Gasteiger partial charge in [0.15, 0.2) is 0 Å². The van der Waals surface area contributed by atoms with E-state index in [0.717, 1.165) is 30.7 Å². The summed E-state index contributed by atoms with van der Waals surface area (Å²) in [5.41, 5.74) is 3.70. The lowest BCUT2D eigenvalue weighted by Gasteiger charge is -2.16. The van der Waals surface area contributed by atoms with Crippen LogP contribution in [0.1, 0.15) is 34.3 Å². The first-order chi connectivity index (χ1) is 13.6. The molecule has 0 aromatic heterocycles. The maximum Gasteiger partial charge on any atom is 0.258 e. The van der Waals surface area contributed by atoms with Crippen molar-refractivity contribution in [3.05, 3.63) is 59.2 Å². The molecule has 0 saturated carbocycles.